The van der Waals surface area contributed by atoms with Gasteiger partial charge in [0.2, 0.25) is 5.92 Å². The summed E-state index contributed by atoms with van der Waals surface area (Å²) < 4.78 is 73.2. The monoisotopic (exact) mass is 240 g/mol. The van der Waals surface area contributed by atoms with E-state index in [1.807, 2.05) is 0 Å². The largest absolute Gasteiger partial charge is 1.00 e. The molecule has 3 nitrogen and oxygen atoms in total. The van der Waals surface area contributed by atoms with Crippen molar-refractivity contribution in [3.8, 4) is 0 Å². The predicted octanol–water partition coefficient (Wildman–Crippen LogP) is -0.929. The average molecular weight is 240 g/mol. The van der Waals surface area contributed by atoms with E-state index in [0.717, 1.165) is 0 Å². The van der Waals surface area contributed by atoms with Crippen molar-refractivity contribution in [1.82, 2.24) is 0 Å². The average Bonchev–Trinajstić information content (AvgIpc) is 1.50. The van der Waals surface area contributed by atoms with Crippen molar-refractivity contribution in [2.75, 3.05) is 0 Å². The van der Waals surface area contributed by atoms with Gasteiger partial charge in [0.25, 0.3) is 0 Å². The molecule has 0 rings (SSSR count). The molecular formula is C3H4F6LiO3P. The second-order valence-corrected chi connectivity index (χ2v) is 2.62. The molecule has 0 heterocycles. The van der Waals surface area contributed by atoms with E-state index in [1.54, 1.807) is 6.92 Å². The van der Waals surface area contributed by atoms with Crippen LogP contribution in [0.4, 0.5) is 26.1 Å². The summed E-state index contributed by atoms with van der Waals surface area (Å²) in [6.45, 7) is 1.58. The van der Waals surface area contributed by atoms with Crippen LogP contribution >= 0.6 is 7.91 Å². The maximum atomic E-state index is 11.0. The van der Waals surface area contributed by atoms with Gasteiger partial charge in [-0.2, -0.15) is 13.2 Å². The van der Waals surface area contributed by atoms with Gasteiger partial charge in [-0.25, -0.2) is 13.3 Å². The normalized spacial score (nSPS) is 12.4. The molecular weight excluding hydrogens is 236 g/mol. The Morgan fingerprint density at radius 2 is 1.14 bits per heavy atom. The minimum Gasteiger partial charge on any atom is -0.299 e. The summed E-state index contributed by atoms with van der Waals surface area (Å²) in [5, 5.41) is 0. The van der Waals surface area contributed by atoms with E-state index >= 15 is 0 Å². The van der Waals surface area contributed by atoms with Crippen molar-refractivity contribution >= 4 is 7.91 Å². The zero-order valence-corrected chi connectivity index (χ0v) is 7.62. The van der Waals surface area contributed by atoms with Gasteiger partial charge < -0.3 is 0 Å². The summed E-state index contributed by atoms with van der Waals surface area (Å²) in [5.74, 6) is -4.81. The molecule has 0 aromatic rings. The molecule has 0 aliphatic carbocycles. The van der Waals surface area contributed by atoms with E-state index in [0.29, 0.717) is 0 Å². The maximum absolute atomic E-state index is 11.0. The Morgan fingerprint density at radius 3 is 1.14 bits per heavy atom. The van der Waals surface area contributed by atoms with Crippen LogP contribution in [0.1, 0.15) is 0 Å². The van der Waals surface area contributed by atoms with Gasteiger partial charge in [-0.05, 0) is 0 Å². The van der Waals surface area contributed by atoms with E-state index in [2.05, 4.69) is 0 Å². The molecule has 0 bridgehead atoms. The fraction of sp³-hybridized carbons (Fsp3) is 0.667. The van der Waals surface area contributed by atoms with Crippen LogP contribution in [0.15, 0.2) is 0 Å². The number of alkyl halides is 5. The van der Waals surface area contributed by atoms with Crippen LogP contribution in [0, 0.1) is 6.92 Å². The van der Waals surface area contributed by atoms with E-state index in [1.165, 1.54) is 0 Å². The van der Waals surface area contributed by atoms with Gasteiger partial charge in [-0.1, -0.05) is 0 Å². The summed E-state index contributed by atoms with van der Waals surface area (Å²) in [4.78, 5) is 13.9. The van der Waals surface area contributed by atoms with Crippen molar-refractivity contribution in [2.45, 2.75) is 12.1 Å². The van der Waals surface area contributed by atoms with Crippen molar-refractivity contribution in [2.24, 2.45) is 0 Å². The molecule has 0 saturated carbocycles. The van der Waals surface area contributed by atoms with Crippen LogP contribution in [0.25, 0.3) is 0 Å². The fourth-order valence-corrected chi connectivity index (χ4v) is 0. The minimum absolute atomic E-state index is 0. The molecule has 0 amide bonds. The van der Waals surface area contributed by atoms with Crippen LogP contribution in [0.2, 0.25) is 0 Å². The quantitative estimate of drug-likeness (QED) is 0.249. The van der Waals surface area contributed by atoms with Crippen molar-refractivity contribution in [1.29, 1.82) is 0 Å². The molecule has 0 aromatic carbocycles. The molecule has 0 spiro atoms. The van der Waals surface area contributed by atoms with E-state index < -0.39 is 20.0 Å². The Kier molecular flexibility index (Phi) is 8.54. The van der Waals surface area contributed by atoms with Crippen molar-refractivity contribution < 1.29 is 59.4 Å². The molecule has 11 heteroatoms. The Bertz CT molecular complexity index is 173. The third-order valence-corrected chi connectivity index (χ3v) is 0.415. The SMILES string of the molecule is O=P(O)(O)F.[CH2-]C(F)(F)C(F)(F)F.[Li+]. The molecule has 0 aliphatic rings. The third kappa shape index (κ3) is 18.2. The first-order chi connectivity index (χ1) is 5.25. The Morgan fingerprint density at radius 1 is 1.07 bits per heavy atom. The van der Waals surface area contributed by atoms with Crippen molar-refractivity contribution in [3.63, 3.8) is 0 Å². The predicted molar refractivity (Wildman–Crippen MR) is 29.5 cm³/mol. The van der Waals surface area contributed by atoms with Gasteiger partial charge in [0.1, 0.15) is 0 Å². The Balaban J connectivity index is -0.000000177. The first-order valence-corrected chi connectivity index (χ1v) is 3.80. The Labute approximate surface area is 86.9 Å². The van der Waals surface area contributed by atoms with Crippen LogP contribution in [-0.4, -0.2) is 21.9 Å². The summed E-state index contributed by atoms with van der Waals surface area (Å²) in [7, 11) is -5.14. The summed E-state index contributed by atoms with van der Waals surface area (Å²) in [5.41, 5.74) is 0. The topological polar surface area (TPSA) is 57.5 Å². The second kappa shape index (κ2) is 6.03. The van der Waals surface area contributed by atoms with Crippen LogP contribution < -0.4 is 18.9 Å². The van der Waals surface area contributed by atoms with Crippen LogP contribution in [0.3, 0.4) is 0 Å². The van der Waals surface area contributed by atoms with E-state index in [9.17, 15) is 26.1 Å². The standard InChI is InChI=1S/C3H2F5.FH2O3P.Li/c1-2(4,5)3(6,7)8;1-5(2,3)4;/h1H2;(H2,2,3,4);/q-1;;+1. The number of halogens is 6. The van der Waals surface area contributed by atoms with Gasteiger partial charge in [0.15, 0.2) is 0 Å². The minimum atomic E-state index is -5.51. The number of hydrogen-bond donors (Lipinski definition) is 2. The smallest absolute Gasteiger partial charge is 0.299 e. The van der Waals surface area contributed by atoms with Gasteiger partial charge >= 0.3 is 32.9 Å². The zero-order chi connectivity index (χ0) is 11.5. The second-order valence-electron chi connectivity index (χ2n) is 1.68. The molecule has 0 saturated heterocycles. The molecule has 82 valence electrons. The van der Waals surface area contributed by atoms with E-state index in [4.69, 9.17) is 14.4 Å². The molecule has 0 aliphatic heterocycles. The molecule has 0 unspecified atom stereocenters. The fourth-order valence-electron chi connectivity index (χ4n) is 0. The molecule has 0 aromatic heterocycles. The van der Waals surface area contributed by atoms with Gasteiger partial charge in [0, 0.05) is 0 Å². The molecule has 0 fully saturated rings. The van der Waals surface area contributed by atoms with Crippen LogP contribution in [0.5, 0.6) is 0 Å². The molecule has 0 radical (unpaired) electrons. The maximum Gasteiger partial charge on any atom is 1.00 e. The zero-order valence-electron chi connectivity index (χ0n) is 6.72. The number of hydrogen-bond acceptors (Lipinski definition) is 1. The van der Waals surface area contributed by atoms with Crippen LogP contribution in [-0.2, 0) is 4.57 Å². The first kappa shape index (κ1) is 19.8. The first-order valence-electron chi connectivity index (χ1n) is 2.30. The Hall–Kier alpha value is 0.327. The van der Waals surface area contributed by atoms with Gasteiger partial charge in [-0.3, -0.25) is 16.7 Å². The summed E-state index contributed by atoms with van der Waals surface area (Å²) in [6, 6.07) is 0. The summed E-state index contributed by atoms with van der Waals surface area (Å²) in [6.07, 6.45) is -5.51. The number of rotatable bonds is 0. The third-order valence-electron chi connectivity index (χ3n) is 0.415. The van der Waals surface area contributed by atoms with E-state index in [-0.39, 0.29) is 18.9 Å². The van der Waals surface area contributed by atoms with Gasteiger partial charge in [0.05, 0.1) is 0 Å². The van der Waals surface area contributed by atoms with Gasteiger partial charge in [-0.15, -0.1) is 4.20 Å². The molecule has 14 heavy (non-hydrogen) atoms. The summed E-state index contributed by atoms with van der Waals surface area (Å²) >= 11 is 0. The molecule has 0 atom stereocenters. The van der Waals surface area contributed by atoms with Crippen molar-refractivity contribution in [3.05, 3.63) is 6.92 Å². The molecule has 2 N–H and O–H groups in total.